The molecule has 0 saturated heterocycles. The molecule has 4 nitrogen and oxygen atoms in total. The van der Waals surface area contributed by atoms with Crippen molar-refractivity contribution in [2.45, 2.75) is 45.4 Å². The molecule has 2 unspecified atom stereocenters. The molecule has 2 atom stereocenters. The van der Waals surface area contributed by atoms with Gasteiger partial charge >= 0.3 is 11.9 Å². The lowest BCUT2D eigenvalue weighted by molar-refractivity contribution is -0.162. The molecule has 1 aromatic rings. The first-order valence-electron chi connectivity index (χ1n) is 7.42. The Morgan fingerprint density at radius 2 is 1.86 bits per heavy atom. The molecule has 0 saturated carbocycles. The molecule has 0 amide bonds. The van der Waals surface area contributed by atoms with Gasteiger partial charge in [-0.25, -0.2) is 0 Å². The van der Waals surface area contributed by atoms with Gasteiger partial charge in [0.15, 0.2) is 5.92 Å². The summed E-state index contributed by atoms with van der Waals surface area (Å²) < 4.78 is 5.16. The monoisotopic (exact) mass is 292 g/mol. The van der Waals surface area contributed by atoms with E-state index in [-0.39, 0.29) is 6.61 Å². The third kappa shape index (κ3) is 4.06. The highest BCUT2D eigenvalue weighted by Crippen LogP contribution is 2.36. The van der Waals surface area contributed by atoms with Crippen LogP contribution in [0.15, 0.2) is 30.3 Å². The number of benzene rings is 1. The van der Waals surface area contributed by atoms with E-state index in [9.17, 15) is 14.7 Å². The lowest BCUT2D eigenvalue weighted by atomic mass is 9.70. The minimum absolute atomic E-state index is 0.272. The van der Waals surface area contributed by atoms with Gasteiger partial charge in [-0.2, -0.15) is 0 Å². The Labute approximate surface area is 126 Å². The molecule has 0 heterocycles. The second-order valence-electron chi connectivity index (χ2n) is 5.43. The summed E-state index contributed by atoms with van der Waals surface area (Å²) in [5.41, 5.74) is 0.0588. The summed E-state index contributed by atoms with van der Waals surface area (Å²) >= 11 is 0. The SMILES string of the molecule is CCCCOC(=O)C(C(=O)O)C(C)(CC)c1ccccc1. The standard InChI is InChI=1S/C17H24O4/c1-4-6-12-21-16(20)14(15(18)19)17(3,5-2)13-10-8-7-9-11-13/h7-11,14H,4-6,12H2,1-3H3,(H,18,19). The Bertz CT molecular complexity index is 469. The van der Waals surface area contributed by atoms with Crippen LogP contribution in [0.25, 0.3) is 0 Å². The van der Waals surface area contributed by atoms with E-state index in [1.165, 1.54) is 0 Å². The molecule has 0 aliphatic carbocycles. The second kappa shape index (κ2) is 7.81. The first-order valence-corrected chi connectivity index (χ1v) is 7.42. The maximum Gasteiger partial charge on any atom is 0.321 e. The number of esters is 1. The number of unbranched alkanes of at least 4 members (excludes halogenated alkanes) is 1. The number of carboxylic acids is 1. The van der Waals surface area contributed by atoms with Crippen molar-refractivity contribution in [2.75, 3.05) is 6.61 Å². The number of carbonyl (C=O) groups is 2. The Hall–Kier alpha value is -1.84. The van der Waals surface area contributed by atoms with E-state index < -0.39 is 23.3 Å². The molecule has 4 heteroatoms. The van der Waals surface area contributed by atoms with Gasteiger partial charge in [-0.15, -0.1) is 0 Å². The molecule has 0 aromatic heterocycles. The van der Waals surface area contributed by atoms with Crippen molar-refractivity contribution in [2.24, 2.45) is 5.92 Å². The fourth-order valence-corrected chi connectivity index (χ4v) is 2.43. The topological polar surface area (TPSA) is 63.6 Å². The molecule has 0 radical (unpaired) electrons. The van der Waals surface area contributed by atoms with Crippen molar-refractivity contribution >= 4 is 11.9 Å². The minimum atomic E-state index is -1.19. The van der Waals surface area contributed by atoms with Gasteiger partial charge in [0.25, 0.3) is 0 Å². The predicted molar refractivity (Wildman–Crippen MR) is 81.1 cm³/mol. The van der Waals surface area contributed by atoms with Gasteiger partial charge in [0.2, 0.25) is 0 Å². The molecular weight excluding hydrogens is 268 g/mol. The molecule has 0 aliphatic rings. The van der Waals surface area contributed by atoms with Gasteiger partial charge in [-0.05, 0) is 18.4 Å². The van der Waals surface area contributed by atoms with E-state index in [1.807, 2.05) is 51.1 Å². The van der Waals surface area contributed by atoms with E-state index in [4.69, 9.17) is 4.74 Å². The Morgan fingerprint density at radius 3 is 2.33 bits per heavy atom. The number of ether oxygens (including phenoxy) is 1. The van der Waals surface area contributed by atoms with Crippen molar-refractivity contribution in [1.82, 2.24) is 0 Å². The van der Waals surface area contributed by atoms with E-state index >= 15 is 0 Å². The molecule has 1 aromatic carbocycles. The largest absolute Gasteiger partial charge is 0.481 e. The second-order valence-corrected chi connectivity index (χ2v) is 5.43. The summed E-state index contributed by atoms with van der Waals surface area (Å²) in [5, 5.41) is 9.53. The van der Waals surface area contributed by atoms with Crippen LogP contribution in [0, 0.1) is 5.92 Å². The van der Waals surface area contributed by atoms with E-state index in [2.05, 4.69) is 0 Å². The molecular formula is C17H24O4. The van der Waals surface area contributed by atoms with E-state index in [1.54, 1.807) is 0 Å². The fraction of sp³-hybridized carbons (Fsp3) is 0.529. The average molecular weight is 292 g/mol. The summed E-state index contributed by atoms with van der Waals surface area (Å²) in [4.78, 5) is 23.9. The van der Waals surface area contributed by atoms with Gasteiger partial charge in [-0.3, -0.25) is 9.59 Å². The normalized spacial score (nSPS) is 15.0. The van der Waals surface area contributed by atoms with Gasteiger partial charge in [0.05, 0.1) is 6.61 Å². The highest BCUT2D eigenvalue weighted by Gasteiger charge is 2.45. The zero-order chi connectivity index (χ0) is 15.9. The van der Waals surface area contributed by atoms with Crippen LogP contribution in [-0.4, -0.2) is 23.7 Å². The molecule has 0 spiro atoms. The van der Waals surface area contributed by atoms with Crippen molar-refractivity contribution < 1.29 is 19.4 Å². The third-order valence-corrected chi connectivity index (χ3v) is 4.03. The number of hydrogen-bond acceptors (Lipinski definition) is 3. The zero-order valence-corrected chi connectivity index (χ0v) is 13.0. The summed E-state index contributed by atoms with van der Waals surface area (Å²) in [6, 6.07) is 9.29. The van der Waals surface area contributed by atoms with Gasteiger partial charge in [0.1, 0.15) is 0 Å². The molecule has 21 heavy (non-hydrogen) atoms. The number of hydrogen-bond donors (Lipinski definition) is 1. The highest BCUT2D eigenvalue weighted by molar-refractivity contribution is 5.96. The van der Waals surface area contributed by atoms with Crippen molar-refractivity contribution in [1.29, 1.82) is 0 Å². The maximum atomic E-state index is 12.2. The molecule has 1 rings (SSSR count). The first kappa shape index (κ1) is 17.2. The van der Waals surface area contributed by atoms with Gasteiger partial charge in [-0.1, -0.05) is 57.5 Å². The average Bonchev–Trinajstić information content (AvgIpc) is 2.48. The van der Waals surface area contributed by atoms with E-state index in [0.717, 1.165) is 18.4 Å². The highest BCUT2D eigenvalue weighted by atomic mass is 16.5. The Morgan fingerprint density at radius 1 is 1.24 bits per heavy atom. The van der Waals surface area contributed by atoms with Gasteiger partial charge in [0, 0.05) is 5.41 Å². The number of aliphatic carboxylic acids is 1. The van der Waals surface area contributed by atoms with Crippen LogP contribution in [0.1, 0.15) is 45.6 Å². The van der Waals surface area contributed by atoms with Crippen molar-refractivity contribution in [3.63, 3.8) is 0 Å². The molecule has 0 fully saturated rings. The summed E-state index contributed by atoms with van der Waals surface area (Å²) in [5.74, 6) is -2.98. The van der Waals surface area contributed by atoms with Crippen LogP contribution < -0.4 is 0 Å². The van der Waals surface area contributed by atoms with Crippen molar-refractivity contribution in [3.8, 4) is 0 Å². The molecule has 1 N–H and O–H groups in total. The molecule has 0 bridgehead atoms. The third-order valence-electron chi connectivity index (χ3n) is 4.03. The van der Waals surface area contributed by atoms with Crippen LogP contribution in [0.2, 0.25) is 0 Å². The number of carboxylic acid groups (broad SMARTS) is 1. The summed E-state index contributed by atoms with van der Waals surface area (Å²) in [6.45, 7) is 5.96. The fourth-order valence-electron chi connectivity index (χ4n) is 2.43. The first-order chi connectivity index (χ1) is 9.97. The van der Waals surface area contributed by atoms with Crippen LogP contribution in [0.5, 0.6) is 0 Å². The van der Waals surface area contributed by atoms with E-state index in [0.29, 0.717) is 6.42 Å². The lowest BCUT2D eigenvalue weighted by Gasteiger charge is -2.33. The van der Waals surface area contributed by atoms with Crippen LogP contribution in [-0.2, 0) is 19.7 Å². The number of rotatable bonds is 8. The maximum absolute atomic E-state index is 12.2. The summed E-state index contributed by atoms with van der Waals surface area (Å²) in [7, 11) is 0. The van der Waals surface area contributed by atoms with Crippen molar-refractivity contribution in [3.05, 3.63) is 35.9 Å². The van der Waals surface area contributed by atoms with Crippen LogP contribution in [0.4, 0.5) is 0 Å². The predicted octanol–water partition coefficient (Wildman–Crippen LogP) is 3.40. The van der Waals surface area contributed by atoms with Gasteiger partial charge < -0.3 is 9.84 Å². The quantitative estimate of drug-likeness (QED) is 0.453. The smallest absolute Gasteiger partial charge is 0.321 e. The minimum Gasteiger partial charge on any atom is -0.481 e. The zero-order valence-electron chi connectivity index (χ0n) is 13.0. The Balaban J connectivity index is 3.06. The lowest BCUT2D eigenvalue weighted by Crippen LogP contribution is -2.43. The number of carbonyl (C=O) groups excluding carboxylic acids is 1. The Kier molecular flexibility index (Phi) is 6.40. The molecule has 0 aliphatic heterocycles. The summed E-state index contributed by atoms with van der Waals surface area (Å²) in [6.07, 6.45) is 2.18. The van der Waals surface area contributed by atoms with Crippen LogP contribution in [0.3, 0.4) is 0 Å². The van der Waals surface area contributed by atoms with Crippen LogP contribution >= 0.6 is 0 Å². The molecule has 116 valence electrons.